The van der Waals surface area contributed by atoms with E-state index < -0.39 is 0 Å². The first-order valence-electron chi connectivity index (χ1n) is 7.10. The van der Waals surface area contributed by atoms with Crippen molar-refractivity contribution in [1.82, 2.24) is 15.1 Å². The van der Waals surface area contributed by atoms with Gasteiger partial charge in [-0.05, 0) is 18.6 Å². The molecular formula is C16H23N3O2. The lowest BCUT2D eigenvalue weighted by Crippen LogP contribution is -2.19. The molecule has 0 saturated heterocycles. The molecule has 0 unspecified atom stereocenters. The molecular weight excluding hydrogens is 266 g/mol. The lowest BCUT2D eigenvalue weighted by Gasteiger charge is -2.14. The average molecular weight is 289 g/mol. The number of methoxy groups -OCH3 is 1. The molecule has 0 amide bonds. The highest BCUT2D eigenvalue weighted by atomic mass is 16.5. The minimum Gasteiger partial charge on any atom is -0.487 e. The molecule has 0 aliphatic heterocycles. The number of aromatic nitrogens is 2. The summed E-state index contributed by atoms with van der Waals surface area (Å²) >= 11 is 0. The Balaban J connectivity index is 1.99. The number of para-hydroxylation sites is 1. The molecule has 1 aromatic heterocycles. The SMILES string of the molecule is COCCNCc1cccc(C)c1OCc1ccn(C)n1. The lowest BCUT2D eigenvalue weighted by molar-refractivity contribution is 0.199. The van der Waals surface area contributed by atoms with Gasteiger partial charge in [-0.15, -0.1) is 0 Å². The molecule has 2 aromatic rings. The monoisotopic (exact) mass is 289 g/mol. The Labute approximate surface area is 125 Å². The number of ether oxygens (including phenoxy) is 2. The standard InChI is InChI=1S/C16H23N3O2/c1-13-5-4-6-14(11-17-8-10-20-3)16(13)21-12-15-7-9-19(2)18-15/h4-7,9,17H,8,10-12H2,1-3H3. The number of nitrogens with zero attached hydrogens (tertiary/aromatic N) is 2. The molecule has 21 heavy (non-hydrogen) atoms. The van der Waals surface area contributed by atoms with Crippen molar-refractivity contribution in [2.75, 3.05) is 20.3 Å². The molecule has 1 aromatic carbocycles. The zero-order valence-electron chi connectivity index (χ0n) is 12.9. The van der Waals surface area contributed by atoms with Crippen LogP contribution in [0.5, 0.6) is 5.75 Å². The summed E-state index contributed by atoms with van der Waals surface area (Å²) in [5.74, 6) is 0.938. The van der Waals surface area contributed by atoms with E-state index in [1.165, 1.54) is 0 Å². The van der Waals surface area contributed by atoms with Crippen molar-refractivity contribution < 1.29 is 9.47 Å². The molecule has 0 atom stereocenters. The first-order valence-corrected chi connectivity index (χ1v) is 7.10. The van der Waals surface area contributed by atoms with Crippen LogP contribution >= 0.6 is 0 Å². The van der Waals surface area contributed by atoms with Crippen molar-refractivity contribution in [2.45, 2.75) is 20.1 Å². The van der Waals surface area contributed by atoms with Gasteiger partial charge in [-0.2, -0.15) is 5.10 Å². The Morgan fingerprint density at radius 2 is 2.14 bits per heavy atom. The fourth-order valence-corrected chi connectivity index (χ4v) is 2.14. The van der Waals surface area contributed by atoms with Crippen LogP contribution in [0.2, 0.25) is 0 Å². The zero-order valence-corrected chi connectivity index (χ0v) is 12.9. The van der Waals surface area contributed by atoms with Crippen molar-refractivity contribution >= 4 is 0 Å². The van der Waals surface area contributed by atoms with Crippen molar-refractivity contribution in [1.29, 1.82) is 0 Å². The van der Waals surface area contributed by atoms with Crippen molar-refractivity contribution in [3.63, 3.8) is 0 Å². The van der Waals surface area contributed by atoms with E-state index in [2.05, 4.69) is 35.5 Å². The number of rotatable bonds is 8. The smallest absolute Gasteiger partial charge is 0.132 e. The molecule has 1 N–H and O–H groups in total. The summed E-state index contributed by atoms with van der Waals surface area (Å²) in [4.78, 5) is 0. The molecule has 114 valence electrons. The van der Waals surface area contributed by atoms with Crippen LogP contribution < -0.4 is 10.1 Å². The third kappa shape index (κ3) is 4.58. The normalized spacial score (nSPS) is 10.8. The largest absolute Gasteiger partial charge is 0.487 e. The number of aryl methyl sites for hydroxylation is 2. The molecule has 5 heteroatoms. The van der Waals surface area contributed by atoms with Crippen LogP contribution in [0, 0.1) is 6.92 Å². The van der Waals surface area contributed by atoms with Gasteiger partial charge in [0.15, 0.2) is 0 Å². The van der Waals surface area contributed by atoms with Gasteiger partial charge < -0.3 is 14.8 Å². The van der Waals surface area contributed by atoms with Gasteiger partial charge in [-0.25, -0.2) is 0 Å². The summed E-state index contributed by atoms with van der Waals surface area (Å²) in [5, 5.41) is 7.68. The zero-order chi connectivity index (χ0) is 15.1. The van der Waals surface area contributed by atoms with E-state index >= 15 is 0 Å². The first-order chi connectivity index (χ1) is 10.2. The molecule has 0 aliphatic rings. The Kier molecular flexibility index (Phi) is 5.78. The Morgan fingerprint density at radius 3 is 2.86 bits per heavy atom. The second-order valence-electron chi connectivity index (χ2n) is 5.00. The van der Waals surface area contributed by atoms with Gasteiger partial charge in [0.1, 0.15) is 12.4 Å². The van der Waals surface area contributed by atoms with Crippen LogP contribution in [0.1, 0.15) is 16.8 Å². The molecule has 0 bridgehead atoms. The summed E-state index contributed by atoms with van der Waals surface area (Å²) in [6, 6.07) is 8.16. The van der Waals surface area contributed by atoms with Crippen molar-refractivity contribution in [3.05, 3.63) is 47.3 Å². The summed E-state index contributed by atoms with van der Waals surface area (Å²) in [6.07, 6.45) is 1.92. The van der Waals surface area contributed by atoms with E-state index in [1.54, 1.807) is 11.8 Å². The van der Waals surface area contributed by atoms with Crippen LogP contribution in [0.3, 0.4) is 0 Å². The minimum atomic E-state index is 0.483. The van der Waals surface area contributed by atoms with Gasteiger partial charge >= 0.3 is 0 Å². The van der Waals surface area contributed by atoms with Crippen molar-refractivity contribution in [2.24, 2.45) is 7.05 Å². The maximum atomic E-state index is 5.98. The fraction of sp³-hybridized carbons (Fsp3) is 0.438. The number of hydrogen-bond acceptors (Lipinski definition) is 4. The molecule has 0 fully saturated rings. The molecule has 0 aliphatic carbocycles. The summed E-state index contributed by atoms with van der Waals surface area (Å²) in [6.45, 7) is 4.84. The molecule has 0 radical (unpaired) electrons. The van der Waals surface area contributed by atoms with Crippen molar-refractivity contribution in [3.8, 4) is 5.75 Å². The van der Waals surface area contributed by atoms with E-state index in [9.17, 15) is 0 Å². The number of hydrogen-bond donors (Lipinski definition) is 1. The molecule has 1 heterocycles. The van der Waals surface area contributed by atoms with Gasteiger partial charge in [-0.1, -0.05) is 18.2 Å². The summed E-state index contributed by atoms with van der Waals surface area (Å²) in [7, 11) is 3.61. The van der Waals surface area contributed by atoms with Crippen LogP contribution in [0.15, 0.2) is 30.5 Å². The second-order valence-corrected chi connectivity index (χ2v) is 5.00. The maximum Gasteiger partial charge on any atom is 0.132 e. The highest BCUT2D eigenvalue weighted by Crippen LogP contribution is 2.24. The second kappa shape index (κ2) is 7.81. The van der Waals surface area contributed by atoms with Crippen LogP contribution in [0.25, 0.3) is 0 Å². The van der Waals surface area contributed by atoms with E-state index in [0.717, 1.165) is 35.7 Å². The molecule has 0 spiro atoms. The van der Waals surface area contributed by atoms with Crippen LogP contribution in [-0.4, -0.2) is 30.0 Å². The van der Waals surface area contributed by atoms with E-state index in [-0.39, 0.29) is 0 Å². The summed E-state index contributed by atoms with van der Waals surface area (Å²) in [5.41, 5.74) is 3.22. The predicted molar refractivity (Wildman–Crippen MR) is 82.3 cm³/mol. The summed E-state index contributed by atoms with van der Waals surface area (Å²) < 4.78 is 12.8. The van der Waals surface area contributed by atoms with E-state index in [1.807, 2.05) is 19.3 Å². The third-order valence-corrected chi connectivity index (χ3v) is 3.23. The van der Waals surface area contributed by atoms with Gasteiger partial charge in [0.2, 0.25) is 0 Å². The maximum absolute atomic E-state index is 5.98. The van der Waals surface area contributed by atoms with Gasteiger partial charge in [0.25, 0.3) is 0 Å². The average Bonchev–Trinajstić information content (AvgIpc) is 2.88. The third-order valence-electron chi connectivity index (χ3n) is 3.23. The molecule has 2 rings (SSSR count). The highest BCUT2D eigenvalue weighted by Gasteiger charge is 2.08. The van der Waals surface area contributed by atoms with Gasteiger partial charge in [0, 0.05) is 39.0 Å². The highest BCUT2D eigenvalue weighted by molar-refractivity contribution is 5.40. The lowest BCUT2D eigenvalue weighted by atomic mass is 10.1. The molecule has 5 nitrogen and oxygen atoms in total. The number of benzene rings is 1. The molecule has 0 saturated carbocycles. The quantitative estimate of drug-likeness (QED) is 0.756. The Hall–Kier alpha value is -1.85. The van der Waals surface area contributed by atoms with Gasteiger partial charge in [0.05, 0.1) is 12.3 Å². The van der Waals surface area contributed by atoms with Crippen LogP contribution in [0.4, 0.5) is 0 Å². The Bertz CT molecular complexity index is 566. The predicted octanol–water partition coefficient (Wildman–Crippen LogP) is 2.04. The topological polar surface area (TPSA) is 48.3 Å². The Morgan fingerprint density at radius 1 is 1.29 bits per heavy atom. The van der Waals surface area contributed by atoms with Gasteiger partial charge in [-0.3, -0.25) is 4.68 Å². The number of nitrogens with one attached hydrogen (secondary N) is 1. The fourth-order valence-electron chi connectivity index (χ4n) is 2.14. The van der Waals surface area contributed by atoms with E-state index in [4.69, 9.17) is 9.47 Å². The minimum absolute atomic E-state index is 0.483. The first kappa shape index (κ1) is 15.5. The van der Waals surface area contributed by atoms with E-state index in [0.29, 0.717) is 13.2 Å². The van der Waals surface area contributed by atoms with Crippen LogP contribution in [-0.2, 0) is 24.9 Å².